The highest BCUT2D eigenvalue weighted by molar-refractivity contribution is 7.13. The van der Waals surface area contributed by atoms with Crippen LogP contribution < -0.4 is 10.2 Å². The number of thiazole rings is 1. The van der Waals surface area contributed by atoms with Gasteiger partial charge >= 0.3 is 0 Å². The maximum absolute atomic E-state index is 5.87. The van der Waals surface area contributed by atoms with E-state index in [0.717, 1.165) is 52.7 Å². The first kappa shape index (κ1) is 16.5. The Balaban J connectivity index is 2.02. The normalized spacial score (nSPS) is 11.1. The van der Waals surface area contributed by atoms with Gasteiger partial charge in [-0.2, -0.15) is 5.10 Å². The zero-order valence-electron chi connectivity index (χ0n) is 13.6. The molecule has 1 aromatic heterocycles. The smallest absolute Gasteiger partial charge is 0.203 e. The minimum atomic E-state index is 0.774. The lowest BCUT2D eigenvalue weighted by molar-refractivity contribution is 0.305. The summed E-state index contributed by atoms with van der Waals surface area (Å²) in [5.41, 5.74) is 7.29. The number of aryl methyl sites for hydroxylation is 3. The van der Waals surface area contributed by atoms with Gasteiger partial charge in [-0.1, -0.05) is 13.3 Å². The van der Waals surface area contributed by atoms with Crippen LogP contribution in [0.25, 0.3) is 0 Å². The summed E-state index contributed by atoms with van der Waals surface area (Å²) in [7, 11) is 0. The van der Waals surface area contributed by atoms with Gasteiger partial charge in [-0.25, -0.2) is 4.98 Å². The highest BCUT2D eigenvalue weighted by Crippen LogP contribution is 2.24. The van der Waals surface area contributed by atoms with Crippen LogP contribution in [0.1, 0.15) is 42.1 Å². The van der Waals surface area contributed by atoms with Crippen LogP contribution in [0.3, 0.4) is 0 Å². The molecule has 0 amide bonds. The van der Waals surface area contributed by atoms with E-state index in [1.165, 1.54) is 0 Å². The van der Waals surface area contributed by atoms with Gasteiger partial charge in [-0.05, 0) is 56.0 Å². The van der Waals surface area contributed by atoms with E-state index in [0.29, 0.717) is 0 Å². The van der Waals surface area contributed by atoms with E-state index < -0.39 is 0 Å². The molecule has 1 heterocycles. The topological polar surface area (TPSA) is 46.5 Å². The second-order valence-corrected chi connectivity index (χ2v) is 6.21. The summed E-state index contributed by atoms with van der Waals surface area (Å²) in [6.07, 6.45) is 4.04. The van der Waals surface area contributed by atoms with E-state index in [2.05, 4.69) is 48.4 Å². The van der Waals surface area contributed by atoms with E-state index >= 15 is 0 Å². The first-order valence-corrected chi connectivity index (χ1v) is 8.43. The third kappa shape index (κ3) is 4.56. The van der Waals surface area contributed by atoms with E-state index in [-0.39, 0.29) is 0 Å². The van der Waals surface area contributed by atoms with Crippen molar-refractivity contribution in [3.8, 4) is 5.75 Å². The number of benzene rings is 1. The Morgan fingerprint density at radius 1 is 1.27 bits per heavy atom. The molecule has 0 bridgehead atoms. The number of nitrogens with zero attached hydrogens (tertiary/aromatic N) is 2. The number of hydrogen-bond acceptors (Lipinski definition) is 5. The monoisotopic (exact) mass is 317 g/mol. The Kier molecular flexibility index (Phi) is 5.95. The molecular weight excluding hydrogens is 294 g/mol. The molecule has 1 aromatic carbocycles. The van der Waals surface area contributed by atoms with Crippen LogP contribution in [0.15, 0.2) is 22.6 Å². The first-order valence-electron chi connectivity index (χ1n) is 7.55. The van der Waals surface area contributed by atoms with Crippen LogP contribution in [0.5, 0.6) is 5.75 Å². The van der Waals surface area contributed by atoms with Crippen molar-refractivity contribution in [3.63, 3.8) is 0 Å². The molecule has 2 rings (SSSR count). The Morgan fingerprint density at radius 3 is 2.59 bits per heavy atom. The maximum atomic E-state index is 5.87. The molecule has 0 saturated heterocycles. The van der Waals surface area contributed by atoms with Crippen molar-refractivity contribution in [2.75, 3.05) is 12.0 Å². The molecule has 0 radical (unpaired) electrons. The molecule has 0 aliphatic rings. The largest absolute Gasteiger partial charge is 0.493 e. The number of hydrazone groups is 1. The van der Waals surface area contributed by atoms with Crippen molar-refractivity contribution in [3.05, 3.63) is 39.9 Å². The molecule has 0 aliphatic heterocycles. The van der Waals surface area contributed by atoms with Crippen LogP contribution in [-0.4, -0.2) is 17.8 Å². The predicted octanol–water partition coefficient (Wildman–Crippen LogP) is 4.69. The van der Waals surface area contributed by atoms with Crippen molar-refractivity contribution >= 4 is 22.7 Å². The average molecular weight is 317 g/mol. The first-order chi connectivity index (χ1) is 10.6. The van der Waals surface area contributed by atoms with Crippen LogP contribution in [-0.2, 0) is 0 Å². The van der Waals surface area contributed by atoms with Crippen LogP contribution in [0.4, 0.5) is 5.13 Å². The number of aromatic nitrogens is 1. The Bertz CT molecular complexity index is 626. The van der Waals surface area contributed by atoms with Crippen molar-refractivity contribution in [1.29, 1.82) is 0 Å². The molecule has 0 saturated carbocycles. The van der Waals surface area contributed by atoms with Gasteiger partial charge in [0.25, 0.3) is 0 Å². The number of ether oxygens (including phenoxy) is 1. The molecule has 5 heteroatoms. The van der Waals surface area contributed by atoms with Gasteiger partial charge < -0.3 is 4.74 Å². The number of unbranched alkanes of at least 4 members (excludes halogenated alkanes) is 1. The summed E-state index contributed by atoms with van der Waals surface area (Å²) in [5, 5.41) is 7.05. The van der Waals surface area contributed by atoms with Gasteiger partial charge in [-0.15, -0.1) is 11.3 Å². The Hall–Kier alpha value is -1.88. The summed E-state index contributed by atoms with van der Waals surface area (Å²) in [6, 6.07) is 4.18. The van der Waals surface area contributed by atoms with Gasteiger partial charge in [0.2, 0.25) is 5.13 Å². The molecule has 118 valence electrons. The van der Waals surface area contributed by atoms with E-state index in [9.17, 15) is 0 Å². The zero-order chi connectivity index (χ0) is 15.9. The van der Waals surface area contributed by atoms with Crippen molar-refractivity contribution in [2.24, 2.45) is 5.10 Å². The molecule has 4 nitrogen and oxygen atoms in total. The molecule has 2 aromatic rings. The molecule has 0 fully saturated rings. The van der Waals surface area contributed by atoms with Gasteiger partial charge in [0.1, 0.15) is 5.75 Å². The fourth-order valence-electron chi connectivity index (χ4n) is 2.17. The van der Waals surface area contributed by atoms with Gasteiger partial charge in [-0.3, -0.25) is 5.43 Å². The van der Waals surface area contributed by atoms with E-state index in [4.69, 9.17) is 4.74 Å². The predicted molar refractivity (Wildman–Crippen MR) is 94.4 cm³/mol. The molecule has 1 N–H and O–H groups in total. The van der Waals surface area contributed by atoms with Gasteiger partial charge in [0.05, 0.1) is 18.5 Å². The third-order valence-electron chi connectivity index (χ3n) is 3.22. The summed E-state index contributed by atoms with van der Waals surface area (Å²) >= 11 is 1.55. The molecule has 0 atom stereocenters. The SMILES string of the molecule is CCCCOc1c(C)cc(C=NNc2nc(C)cs2)cc1C. The quantitative estimate of drug-likeness (QED) is 0.457. The van der Waals surface area contributed by atoms with Crippen LogP contribution in [0.2, 0.25) is 0 Å². The van der Waals surface area contributed by atoms with Crippen molar-refractivity contribution in [2.45, 2.75) is 40.5 Å². The van der Waals surface area contributed by atoms with E-state index in [1.807, 2.05) is 18.5 Å². The summed E-state index contributed by atoms with van der Waals surface area (Å²) in [5.74, 6) is 0.995. The Labute approximate surface area is 136 Å². The second-order valence-electron chi connectivity index (χ2n) is 5.35. The molecule has 0 unspecified atom stereocenters. The van der Waals surface area contributed by atoms with Crippen molar-refractivity contribution in [1.82, 2.24) is 4.98 Å². The van der Waals surface area contributed by atoms with Crippen LogP contribution in [0, 0.1) is 20.8 Å². The summed E-state index contributed by atoms with van der Waals surface area (Å²) in [6.45, 7) is 9.05. The highest BCUT2D eigenvalue weighted by atomic mass is 32.1. The van der Waals surface area contributed by atoms with Gasteiger partial charge in [0, 0.05) is 5.38 Å². The lowest BCUT2D eigenvalue weighted by Crippen LogP contribution is -2.01. The maximum Gasteiger partial charge on any atom is 0.203 e. The number of nitrogens with one attached hydrogen (secondary N) is 1. The fourth-order valence-corrected chi connectivity index (χ4v) is 2.81. The highest BCUT2D eigenvalue weighted by Gasteiger charge is 2.05. The van der Waals surface area contributed by atoms with E-state index in [1.54, 1.807) is 11.3 Å². The second kappa shape index (κ2) is 7.94. The summed E-state index contributed by atoms with van der Waals surface area (Å²) in [4.78, 5) is 4.31. The molecule has 0 aliphatic carbocycles. The minimum Gasteiger partial charge on any atom is -0.493 e. The standard InChI is InChI=1S/C17H23N3OS/c1-5-6-7-21-16-12(2)8-15(9-13(16)3)10-18-20-17-19-14(4)11-22-17/h8-11H,5-7H2,1-4H3,(H,19,20). The lowest BCUT2D eigenvalue weighted by Gasteiger charge is -2.12. The van der Waals surface area contributed by atoms with Crippen LogP contribution >= 0.6 is 11.3 Å². The number of anilines is 1. The summed E-state index contributed by atoms with van der Waals surface area (Å²) < 4.78 is 5.87. The molecule has 0 spiro atoms. The lowest BCUT2D eigenvalue weighted by atomic mass is 10.1. The third-order valence-corrected chi connectivity index (χ3v) is 4.08. The minimum absolute atomic E-state index is 0.774. The van der Waals surface area contributed by atoms with Crippen molar-refractivity contribution < 1.29 is 4.74 Å². The number of hydrogen-bond donors (Lipinski definition) is 1. The van der Waals surface area contributed by atoms with Gasteiger partial charge in [0.15, 0.2) is 0 Å². The number of rotatable bonds is 7. The average Bonchev–Trinajstić information content (AvgIpc) is 2.87. The Morgan fingerprint density at radius 2 is 2.00 bits per heavy atom. The molecular formula is C17H23N3OS. The fraction of sp³-hybridized carbons (Fsp3) is 0.412. The zero-order valence-corrected chi connectivity index (χ0v) is 14.5. The molecule has 22 heavy (non-hydrogen) atoms.